The molecule has 2 saturated heterocycles. The fourth-order valence-electron chi connectivity index (χ4n) is 2.75. The van der Waals surface area contributed by atoms with Gasteiger partial charge in [0.1, 0.15) is 6.04 Å². The second kappa shape index (κ2) is 3.29. The van der Waals surface area contributed by atoms with E-state index in [1.807, 2.05) is 0 Å². The van der Waals surface area contributed by atoms with Gasteiger partial charge in [-0.05, 0) is 25.2 Å². The van der Waals surface area contributed by atoms with Gasteiger partial charge in [0.05, 0.1) is 7.11 Å². The minimum absolute atomic E-state index is 0.0448. The van der Waals surface area contributed by atoms with Gasteiger partial charge in [0.2, 0.25) is 0 Å². The molecule has 2 rings (SSSR count). The minimum Gasteiger partial charge on any atom is -0.468 e. The van der Waals surface area contributed by atoms with Crippen molar-refractivity contribution in [3.8, 4) is 0 Å². The predicted molar refractivity (Wildman–Crippen MR) is 49.3 cm³/mol. The summed E-state index contributed by atoms with van der Waals surface area (Å²) in [5, 5.41) is 0. The zero-order chi connectivity index (χ0) is 9.42. The molecule has 0 saturated carbocycles. The molecule has 0 N–H and O–H groups in total. The van der Waals surface area contributed by atoms with Crippen molar-refractivity contribution in [2.24, 2.45) is 5.92 Å². The van der Waals surface area contributed by atoms with Crippen LogP contribution in [0, 0.1) is 5.92 Å². The number of hydrogen-bond acceptors (Lipinski definition) is 3. The normalized spacial score (nSPS) is 39.1. The second-order valence-corrected chi connectivity index (χ2v) is 4.31. The third kappa shape index (κ3) is 1.46. The first-order chi connectivity index (χ1) is 6.22. The smallest absolute Gasteiger partial charge is 0.323 e. The Morgan fingerprint density at radius 3 is 2.92 bits per heavy atom. The highest BCUT2D eigenvalue weighted by Crippen LogP contribution is 2.35. The fraction of sp³-hybridized carbons (Fsp3) is 0.900. The molecule has 0 spiro atoms. The Kier molecular flexibility index (Phi) is 2.28. The van der Waals surface area contributed by atoms with Crippen LogP contribution in [0.2, 0.25) is 0 Å². The van der Waals surface area contributed by atoms with Gasteiger partial charge in [0, 0.05) is 12.6 Å². The van der Waals surface area contributed by atoms with Crippen molar-refractivity contribution in [2.75, 3.05) is 13.7 Å². The molecule has 2 unspecified atom stereocenters. The molecule has 3 nitrogen and oxygen atoms in total. The first-order valence-electron chi connectivity index (χ1n) is 5.06. The second-order valence-electron chi connectivity index (χ2n) is 4.31. The molecule has 0 amide bonds. The highest BCUT2D eigenvalue weighted by Gasteiger charge is 2.43. The molecule has 0 radical (unpaired) electrons. The third-order valence-corrected chi connectivity index (χ3v) is 3.31. The molecule has 2 aliphatic heterocycles. The Balaban J connectivity index is 2.04. The molecule has 13 heavy (non-hydrogen) atoms. The first-order valence-corrected chi connectivity index (χ1v) is 5.06. The van der Waals surface area contributed by atoms with E-state index < -0.39 is 0 Å². The average Bonchev–Trinajstić information content (AvgIpc) is 2.61. The van der Waals surface area contributed by atoms with Crippen LogP contribution in [0.25, 0.3) is 0 Å². The summed E-state index contributed by atoms with van der Waals surface area (Å²) in [6, 6.07) is 0.707. The van der Waals surface area contributed by atoms with Crippen molar-refractivity contribution in [3.63, 3.8) is 0 Å². The van der Waals surface area contributed by atoms with Crippen LogP contribution in [0.5, 0.6) is 0 Å². The lowest BCUT2D eigenvalue weighted by Gasteiger charge is -2.21. The summed E-state index contributed by atoms with van der Waals surface area (Å²) in [5.74, 6) is 0.703. The van der Waals surface area contributed by atoms with Crippen LogP contribution >= 0.6 is 0 Å². The molecule has 0 aromatic rings. The summed E-state index contributed by atoms with van der Waals surface area (Å²) in [6.07, 6.45) is 3.42. The summed E-state index contributed by atoms with van der Waals surface area (Å²) in [6.45, 7) is 3.33. The van der Waals surface area contributed by atoms with Crippen molar-refractivity contribution >= 4 is 5.97 Å². The van der Waals surface area contributed by atoms with E-state index in [4.69, 9.17) is 4.74 Å². The highest BCUT2D eigenvalue weighted by molar-refractivity contribution is 5.76. The van der Waals surface area contributed by atoms with Crippen LogP contribution in [0.3, 0.4) is 0 Å². The zero-order valence-electron chi connectivity index (χ0n) is 8.32. The van der Waals surface area contributed by atoms with E-state index in [9.17, 15) is 4.79 Å². The summed E-state index contributed by atoms with van der Waals surface area (Å²) in [7, 11) is 1.48. The SMILES string of the molecule is COC(=O)[C@@H]1CCC2CC(C)CN21. The number of fused-ring (bicyclic) bond motifs is 1. The topological polar surface area (TPSA) is 29.5 Å². The number of ether oxygens (including phenoxy) is 1. The summed E-state index contributed by atoms with van der Waals surface area (Å²) >= 11 is 0. The van der Waals surface area contributed by atoms with Gasteiger partial charge < -0.3 is 4.74 Å². The first kappa shape index (κ1) is 9.00. The van der Waals surface area contributed by atoms with E-state index in [1.165, 1.54) is 20.0 Å². The van der Waals surface area contributed by atoms with Crippen LogP contribution in [-0.2, 0) is 9.53 Å². The molecule has 0 aliphatic carbocycles. The van der Waals surface area contributed by atoms with E-state index in [1.54, 1.807) is 0 Å². The van der Waals surface area contributed by atoms with Gasteiger partial charge in [-0.15, -0.1) is 0 Å². The average molecular weight is 183 g/mol. The van der Waals surface area contributed by atoms with Gasteiger partial charge in [-0.1, -0.05) is 6.92 Å². The van der Waals surface area contributed by atoms with E-state index in [0.717, 1.165) is 18.9 Å². The molecule has 74 valence electrons. The van der Waals surface area contributed by atoms with E-state index in [0.29, 0.717) is 6.04 Å². The number of nitrogens with zero attached hydrogens (tertiary/aromatic N) is 1. The van der Waals surface area contributed by atoms with Gasteiger partial charge in [-0.2, -0.15) is 0 Å². The monoisotopic (exact) mass is 183 g/mol. The minimum atomic E-state index is -0.0448. The van der Waals surface area contributed by atoms with Crippen LogP contribution < -0.4 is 0 Å². The maximum atomic E-state index is 11.4. The van der Waals surface area contributed by atoms with E-state index >= 15 is 0 Å². The van der Waals surface area contributed by atoms with Crippen molar-refractivity contribution in [3.05, 3.63) is 0 Å². The standard InChI is InChI=1S/C10H17NO2/c1-7-5-8-3-4-9(10(12)13-2)11(8)6-7/h7-9H,3-6H2,1-2H3/t7?,8?,9-/m0/s1. The molecular formula is C10H17NO2. The van der Waals surface area contributed by atoms with Crippen LogP contribution in [0.1, 0.15) is 26.2 Å². The lowest BCUT2D eigenvalue weighted by Crippen LogP contribution is -2.38. The number of hydrogen-bond donors (Lipinski definition) is 0. The van der Waals surface area contributed by atoms with E-state index in [-0.39, 0.29) is 12.0 Å². The van der Waals surface area contributed by atoms with Gasteiger partial charge in [0.15, 0.2) is 0 Å². The van der Waals surface area contributed by atoms with Gasteiger partial charge >= 0.3 is 5.97 Å². The Morgan fingerprint density at radius 2 is 2.23 bits per heavy atom. The number of esters is 1. The molecule has 3 heteroatoms. The van der Waals surface area contributed by atoms with Gasteiger partial charge in [-0.3, -0.25) is 9.69 Å². The summed E-state index contributed by atoms with van der Waals surface area (Å²) in [5.41, 5.74) is 0. The van der Waals surface area contributed by atoms with Crippen LogP contribution in [0.4, 0.5) is 0 Å². The largest absolute Gasteiger partial charge is 0.468 e. The Hall–Kier alpha value is -0.570. The molecule has 2 heterocycles. The van der Waals surface area contributed by atoms with Crippen LogP contribution in [0.15, 0.2) is 0 Å². The molecule has 0 bridgehead atoms. The summed E-state index contributed by atoms with van der Waals surface area (Å²) in [4.78, 5) is 13.7. The Bertz CT molecular complexity index is 217. The highest BCUT2D eigenvalue weighted by atomic mass is 16.5. The maximum absolute atomic E-state index is 11.4. The maximum Gasteiger partial charge on any atom is 0.323 e. The molecule has 3 atom stereocenters. The molecule has 2 aliphatic rings. The van der Waals surface area contributed by atoms with Crippen molar-refractivity contribution in [1.82, 2.24) is 4.90 Å². The van der Waals surface area contributed by atoms with Gasteiger partial charge in [-0.25, -0.2) is 0 Å². The molecule has 0 aromatic heterocycles. The fourth-order valence-corrected chi connectivity index (χ4v) is 2.75. The number of carbonyl (C=O) groups is 1. The zero-order valence-corrected chi connectivity index (χ0v) is 8.32. The number of carbonyl (C=O) groups excluding carboxylic acids is 1. The lowest BCUT2D eigenvalue weighted by atomic mass is 10.0. The number of methoxy groups -OCH3 is 1. The van der Waals surface area contributed by atoms with Crippen LogP contribution in [-0.4, -0.2) is 36.6 Å². The number of rotatable bonds is 1. The lowest BCUT2D eigenvalue weighted by molar-refractivity contribution is -0.145. The quantitative estimate of drug-likeness (QED) is 0.569. The Morgan fingerprint density at radius 1 is 1.46 bits per heavy atom. The van der Waals surface area contributed by atoms with Crippen molar-refractivity contribution in [1.29, 1.82) is 0 Å². The van der Waals surface area contributed by atoms with Crippen molar-refractivity contribution < 1.29 is 9.53 Å². The third-order valence-electron chi connectivity index (χ3n) is 3.31. The summed E-state index contributed by atoms with van der Waals surface area (Å²) < 4.78 is 4.80. The Labute approximate surface area is 79.0 Å². The molecule has 2 fully saturated rings. The van der Waals surface area contributed by atoms with Gasteiger partial charge in [0.25, 0.3) is 0 Å². The predicted octanol–water partition coefficient (Wildman–Crippen LogP) is 1.03. The molecule has 0 aromatic carbocycles. The van der Waals surface area contributed by atoms with E-state index in [2.05, 4.69) is 11.8 Å². The molecular weight excluding hydrogens is 166 g/mol. The van der Waals surface area contributed by atoms with Crippen molar-refractivity contribution in [2.45, 2.75) is 38.3 Å².